The quantitative estimate of drug-likeness (QED) is 0.749. The molecule has 2 aromatic rings. The molecule has 0 spiro atoms. The van der Waals surface area contributed by atoms with Crippen molar-refractivity contribution in [3.63, 3.8) is 0 Å². The third-order valence-electron chi connectivity index (χ3n) is 4.20. The summed E-state index contributed by atoms with van der Waals surface area (Å²) in [6, 6.07) is 19.3. The smallest absolute Gasteiger partial charge is 0.154 e. The second-order valence-electron chi connectivity index (χ2n) is 5.63. The topological polar surface area (TPSA) is 9.23 Å². The summed E-state index contributed by atoms with van der Waals surface area (Å²) in [5.41, 5.74) is 2.42. The molecule has 0 radical (unpaired) electrons. The number of halogens is 1. The number of benzene rings is 2. The predicted molar refractivity (Wildman–Crippen MR) is 96.2 cm³/mol. The minimum absolute atomic E-state index is 0. The van der Waals surface area contributed by atoms with Crippen molar-refractivity contribution < 1.29 is 17.1 Å². The Labute approximate surface area is 148 Å². The molecular weight excluding hydrogens is 324 g/mol. The van der Waals surface area contributed by atoms with E-state index in [4.69, 9.17) is 4.74 Å². The molecule has 2 aromatic carbocycles. The lowest BCUT2D eigenvalue weighted by Gasteiger charge is -2.23. The highest BCUT2D eigenvalue weighted by Crippen LogP contribution is 2.25. The molecule has 3 heteroatoms. The van der Waals surface area contributed by atoms with Crippen LogP contribution in [0.4, 0.5) is 0 Å². The Balaban J connectivity index is 0.00000192. The molecule has 0 bridgehead atoms. The molecule has 0 amide bonds. The molecule has 1 nitrogen and oxygen atoms in total. The van der Waals surface area contributed by atoms with E-state index in [0.717, 1.165) is 0 Å². The van der Waals surface area contributed by atoms with Crippen LogP contribution >= 0.6 is 0 Å². The van der Waals surface area contributed by atoms with E-state index >= 15 is 0 Å². The van der Waals surface area contributed by atoms with Crippen molar-refractivity contribution in [1.82, 2.24) is 0 Å². The Morgan fingerprint density at radius 1 is 1.00 bits per heavy atom. The predicted octanol–water partition coefficient (Wildman–Crippen LogP) is 1.69. The van der Waals surface area contributed by atoms with E-state index in [2.05, 4.69) is 55.1 Å². The summed E-state index contributed by atoms with van der Waals surface area (Å²) in [5.74, 6) is 2.52. The minimum atomic E-state index is 0. The fourth-order valence-corrected chi connectivity index (χ4v) is 5.19. The molecule has 1 saturated heterocycles. The molecule has 1 fully saturated rings. The maximum absolute atomic E-state index is 6.15. The van der Waals surface area contributed by atoms with Gasteiger partial charge in [-0.3, -0.25) is 0 Å². The number of hydrogen-bond acceptors (Lipinski definition) is 1. The SMILES string of the molecule is C=Cc1ccccc1COC1CC[S+](c2ccccc2)CC1.[Cl-]. The van der Waals surface area contributed by atoms with Gasteiger partial charge in [-0.25, -0.2) is 0 Å². The molecule has 1 heterocycles. The van der Waals surface area contributed by atoms with Crippen LogP contribution in [0.15, 0.2) is 66.1 Å². The van der Waals surface area contributed by atoms with E-state index in [0.29, 0.717) is 23.6 Å². The molecule has 0 aromatic heterocycles. The average molecular weight is 347 g/mol. The summed E-state index contributed by atoms with van der Waals surface area (Å²) in [7, 11) is 0.421. The highest BCUT2D eigenvalue weighted by Gasteiger charge is 2.30. The van der Waals surface area contributed by atoms with Crippen LogP contribution in [0.25, 0.3) is 6.08 Å². The highest BCUT2D eigenvalue weighted by atomic mass is 35.5. The number of ether oxygens (including phenoxy) is 1. The average Bonchev–Trinajstić information content (AvgIpc) is 2.61. The molecule has 1 aliphatic heterocycles. The van der Waals surface area contributed by atoms with Gasteiger partial charge in [0.2, 0.25) is 0 Å². The van der Waals surface area contributed by atoms with Crippen molar-refractivity contribution in [3.8, 4) is 0 Å². The standard InChI is InChI=1S/C20H23OS.ClH/c1-2-17-8-6-7-9-18(17)16-21-19-12-14-22(15-13-19)20-10-4-3-5-11-20;/h2-11,19H,1,12-16H2;1H/q+1;/p-1. The van der Waals surface area contributed by atoms with Crippen LogP contribution in [0.2, 0.25) is 0 Å². The van der Waals surface area contributed by atoms with Gasteiger partial charge in [0.1, 0.15) is 11.5 Å². The van der Waals surface area contributed by atoms with Gasteiger partial charge < -0.3 is 17.1 Å². The molecule has 0 saturated carbocycles. The molecule has 23 heavy (non-hydrogen) atoms. The lowest BCUT2D eigenvalue weighted by molar-refractivity contribution is -0.00000703. The molecule has 0 unspecified atom stereocenters. The monoisotopic (exact) mass is 346 g/mol. The van der Waals surface area contributed by atoms with Crippen LogP contribution in [0.3, 0.4) is 0 Å². The van der Waals surface area contributed by atoms with Gasteiger partial charge in [-0.05, 0) is 23.3 Å². The normalized spacial score (nSPS) is 20.5. The molecule has 0 aliphatic carbocycles. The van der Waals surface area contributed by atoms with Crippen LogP contribution < -0.4 is 12.4 Å². The Morgan fingerprint density at radius 2 is 1.65 bits per heavy atom. The van der Waals surface area contributed by atoms with Gasteiger partial charge in [-0.2, -0.15) is 0 Å². The first-order chi connectivity index (χ1) is 10.9. The summed E-state index contributed by atoms with van der Waals surface area (Å²) in [6.07, 6.45) is 4.67. The van der Waals surface area contributed by atoms with E-state index < -0.39 is 0 Å². The van der Waals surface area contributed by atoms with E-state index in [1.165, 1.54) is 40.4 Å². The molecule has 1 aliphatic rings. The first-order valence-electron chi connectivity index (χ1n) is 7.91. The van der Waals surface area contributed by atoms with Crippen molar-refractivity contribution in [2.24, 2.45) is 0 Å². The minimum Gasteiger partial charge on any atom is -1.00 e. The Kier molecular flexibility index (Phi) is 7.22. The van der Waals surface area contributed by atoms with Crippen molar-refractivity contribution in [1.29, 1.82) is 0 Å². The lowest BCUT2D eigenvalue weighted by atomic mass is 10.1. The van der Waals surface area contributed by atoms with Crippen molar-refractivity contribution in [2.75, 3.05) is 11.5 Å². The van der Waals surface area contributed by atoms with Crippen LogP contribution in [0.5, 0.6) is 0 Å². The van der Waals surface area contributed by atoms with Gasteiger partial charge in [0.15, 0.2) is 4.90 Å². The van der Waals surface area contributed by atoms with Crippen LogP contribution in [0.1, 0.15) is 24.0 Å². The van der Waals surface area contributed by atoms with Crippen LogP contribution in [-0.4, -0.2) is 17.6 Å². The van der Waals surface area contributed by atoms with Gasteiger partial charge in [0, 0.05) is 23.7 Å². The summed E-state index contributed by atoms with van der Waals surface area (Å²) < 4.78 is 6.15. The van der Waals surface area contributed by atoms with Crippen LogP contribution in [0, 0.1) is 0 Å². The molecule has 3 rings (SSSR count). The summed E-state index contributed by atoms with van der Waals surface area (Å²) >= 11 is 0. The Morgan fingerprint density at radius 3 is 2.35 bits per heavy atom. The number of hydrogen-bond donors (Lipinski definition) is 0. The maximum Gasteiger partial charge on any atom is 0.154 e. The first-order valence-corrected chi connectivity index (χ1v) is 9.47. The van der Waals surface area contributed by atoms with E-state index in [1.807, 2.05) is 12.1 Å². The zero-order valence-corrected chi connectivity index (χ0v) is 14.9. The fraction of sp³-hybridized carbons (Fsp3) is 0.300. The van der Waals surface area contributed by atoms with Gasteiger partial charge in [-0.1, -0.05) is 55.1 Å². The van der Waals surface area contributed by atoms with Crippen molar-refractivity contribution in [2.45, 2.75) is 30.4 Å². The Hall–Kier alpha value is -1.22. The van der Waals surface area contributed by atoms with E-state index in [9.17, 15) is 0 Å². The maximum atomic E-state index is 6.15. The molecule has 0 N–H and O–H groups in total. The fourth-order valence-electron chi connectivity index (χ4n) is 2.88. The largest absolute Gasteiger partial charge is 1.00 e. The second-order valence-corrected chi connectivity index (χ2v) is 7.90. The van der Waals surface area contributed by atoms with Gasteiger partial charge in [-0.15, -0.1) is 0 Å². The number of rotatable bonds is 5. The molecular formula is C20H23ClOS. The summed E-state index contributed by atoms with van der Waals surface area (Å²) in [6.45, 7) is 4.58. The summed E-state index contributed by atoms with van der Waals surface area (Å²) in [4.78, 5) is 1.51. The van der Waals surface area contributed by atoms with Gasteiger partial charge >= 0.3 is 0 Å². The van der Waals surface area contributed by atoms with Gasteiger partial charge in [0.25, 0.3) is 0 Å². The third kappa shape index (κ3) is 4.87. The third-order valence-corrected chi connectivity index (χ3v) is 6.59. The van der Waals surface area contributed by atoms with Crippen LogP contribution in [-0.2, 0) is 22.2 Å². The molecule has 0 atom stereocenters. The van der Waals surface area contributed by atoms with E-state index in [-0.39, 0.29) is 12.4 Å². The molecule has 122 valence electrons. The zero-order valence-electron chi connectivity index (χ0n) is 13.3. The summed E-state index contributed by atoms with van der Waals surface area (Å²) in [5, 5.41) is 0. The second kappa shape index (κ2) is 9.17. The lowest BCUT2D eigenvalue weighted by Crippen LogP contribution is -3.00. The Bertz CT molecular complexity index is 606. The first kappa shape index (κ1) is 18.1. The van der Waals surface area contributed by atoms with Crippen molar-refractivity contribution in [3.05, 3.63) is 72.3 Å². The zero-order chi connectivity index (χ0) is 15.2. The van der Waals surface area contributed by atoms with Gasteiger partial charge in [0.05, 0.1) is 12.7 Å². The van der Waals surface area contributed by atoms with E-state index in [1.54, 1.807) is 0 Å². The van der Waals surface area contributed by atoms with Crippen molar-refractivity contribution >= 4 is 17.0 Å². The highest BCUT2D eigenvalue weighted by molar-refractivity contribution is 7.96.